The van der Waals surface area contributed by atoms with Crippen molar-refractivity contribution < 1.29 is 14.5 Å². The lowest BCUT2D eigenvalue weighted by Gasteiger charge is -2.06. The van der Waals surface area contributed by atoms with Crippen molar-refractivity contribution in [2.24, 2.45) is 0 Å². The molecule has 0 fully saturated rings. The van der Waals surface area contributed by atoms with Gasteiger partial charge in [-0.3, -0.25) is 14.9 Å². The number of nitro benzene ring substituents is 1. The normalized spacial score (nSPS) is 10.1. The number of carbonyl (C=O) groups excluding carboxylic acids is 1. The fourth-order valence-electron chi connectivity index (χ4n) is 1.25. The Kier molecular flexibility index (Phi) is 5.75. The van der Waals surface area contributed by atoms with E-state index in [0.29, 0.717) is 18.8 Å². The predicted molar refractivity (Wildman–Crippen MR) is 66.5 cm³/mol. The minimum Gasteiger partial charge on any atom is -0.383 e. The first-order valence-electron chi connectivity index (χ1n) is 5.37. The highest BCUT2D eigenvalue weighted by atomic mass is 16.6. The Morgan fingerprint density at radius 3 is 2.61 bits per heavy atom. The number of nitrogens with zero attached hydrogens (tertiary/aromatic N) is 1. The summed E-state index contributed by atoms with van der Waals surface area (Å²) < 4.78 is 4.82. The molecule has 0 saturated carbocycles. The SMILES string of the molecule is COCCNCC(=O)Nc1ccc([N+](=O)[O-])cc1. The molecule has 18 heavy (non-hydrogen) atoms. The van der Waals surface area contributed by atoms with Crippen LogP contribution in [0.5, 0.6) is 0 Å². The average Bonchev–Trinajstić information content (AvgIpc) is 2.35. The molecule has 0 unspecified atom stereocenters. The molecular formula is C11H15N3O4. The van der Waals surface area contributed by atoms with Gasteiger partial charge in [0.2, 0.25) is 5.91 Å². The van der Waals surface area contributed by atoms with Crippen molar-refractivity contribution in [3.8, 4) is 0 Å². The van der Waals surface area contributed by atoms with Crippen LogP contribution in [-0.4, -0.2) is 37.6 Å². The van der Waals surface area contributed by atoms with Crippen LogP contribution in [0, 0.1) is 10.1 Å². The Balaban J connectivity index is 2.37. The van der Waals surface area contributed by atoms with Crippen molar-refractivity contribution in [1.29, 1.82) is 0 Å². The molecule has 7 nitrogen and oxygen atoms in total. The molecule has 0 aliphatic heterocycles. The molecule has 1 amide bonds. The van der Waals surface area contributed by atoms with E-state index < -0.39 is 4.92 Å². The van der Waals surface area contributed by atoms with Crippen molar-refractivity contribution in [3.05, 3.63) is 34.4 Å². The van der Waals surface area contributed by atoms with Gasteiger partial charge < -0.3 is 15.4 Å². The van der Waals surface area contributed by atoms with Crippen LogP contribution in [0.4, 0.5) is 11.4 Å². The van der Waals surface area contributed by atoms with E-state index in [-0.39, 0.29) is 18.1 Å². The molecule has 1 aromatic carbocycles. The van der Waals surface area contributed by atoms with Gasteiger partial charge in [0.15, 0.2) is 0 Å². The van der Waals surface area contributed by atoms with E-state index in [1.807, 2.05) is 0 Å². The fraction of sp³-hybridized carbons (Fsp3) is 0.364. The summed E-state index contributed by atoms with van der Waals surface area (Å²) in [4.78, 5) is 21.4. The van der Waals surface area contributed by atoms with Gasteiger partial charge in [0.05, 0.1) is 18.1 Å². The third-order valence-corrected chi connectivity index (χ3v) is 2.13. The molecule has 0 radical (unpaired) electrons. The van der Waals surface area contributed by atoms with E-state index >= 15 is 0 Å². The first-order chi connectivity index (χ1) is 8.63. The number of methoxy groups -OCH3 is 1. The van der Waals surface area contributed by atoms with Crippen LogP contribution < -0.4 is 10.6 Å². The molecule has 7 heteroatoms. The quantitative estimate of drug-likeness (QED) is 0.425. The molecule has 0 saturated heterocycles. The Hall–Kier alpha value is -1.99. The predicted octanol–water partition coefficient (Wildman–Crippen LogP) is 0.769. The van der Waals surface area contributed by atoms with Gasteiger partial charge in [-0.25, -0.2) is 0 Å². The second-order valence-electron chi connectivity index (χ2n) is 3.52. The highest BCUT2D eigenvalue weighted by Crippen LogP contribution is 2.14. The van der Waals surface area contributed by atoms with Crippen molar-refractivity contribution in [1.82, 2.24) is 5.32 Å². The van der Waals surface area contributed by atoms with E-state index in [9.17, 15) is 14.9 Å². The largest absolute Gasteiger partial charge is 0.383 e. The van der Waals surface area contributed by atoms with Crippen molar-refractivity contribution in [2.75, 3.05) is 32.1 Å². The minimum absolute atomic E-state index is 0.00813. The highest BCUT2D eigenvalue weighted by molar-refractivity contribution is 5.92. The third kappa shape index (κ3) is 4.89. The van der Waals surface area contributed by atoms with Crippen molar-refractivity contribution >= 4 is 17.3 Å². The summed E-state index contributed by atoms with van der Waals surface area (Å²) in [6.07, 6.45) is 0. The average molecular weight is 253 g/mol. The number of non-ortho nitro benzene ring substituents is 1. The third-order valence-electron chi connectivity index (χ3n) is 2.13. The summed E-state index contributed by atoms with van der Waals surface area (Å²) in [5.41, 5.74) is 0.519. The monoisotopic (exact) mass is 253 g/mol. The van der Waals surface area contributed by atoms with Gasteiger partial charge in [0.25, 0.3) is 5.69 Å². The second kappa shape index (κ2) is 7.36. The number of anilines is 1. The maximum absolute atomic E-state index is 11.4. The zero-order valence-corrected chi connectivity index (χ0v) is 10.0. The van der Waals surface area contributed by atoms with Gasteiger partial charge in [-0.1, -0.05) is 0 Å². The van der Waals surface area contributed by atoms with Crippen LogP contribution in [0.3, 0.4) is 0 Å². The lowest BCUT2D eigenvalue weighted by atomic mass is 10.3. The molecule has 0 aliphatic rings. The van der Waals surface area contributed by atoms with E-state index in [1.54, 1.807) is 7.11 Å². The lowest BCUT2D eigenvalue weighted by molar-refractivity contribution is -0.384. The van der Waals surface area contributed by atoms with Crippen LogP contribution in [0.1, 0.15) is 0 Å². The Labute approximate surface area is 104 Å². The molecule has 1 rings (SSSR count). The number of hydrogen-bond donors (Lipinski definition) is 2. The van der Waals surface area contributed by atoms with Crippen LogP contribution in [0.25, 0.3) is 0 Å². The van der Waals surface area contributed by atoms with E-state index in [1.165, 1.54) is 24.3 Å². The smallest absolute Gasteiger partial charge is 0.269 e. The van der Waals surface area contributed by atoms with Crippen LogP contribution in [0.15, 0.2) is 24.3 Å². The molecule has 0 aliphatic carbocycles. The van der Waals surface area contributed by atoms with Gasteiger partial charge in [0.1, 0.15) is 0 Å². The van der Waals surface area contributed by atoms with Crippen LogP contribution >= 0.6 is 0 Å². The molecule has 0 bridgehead atoms. The number of carbonyl (C=O) groups is 1. The number of nitrogens with one attached hydrogen (secondary N) is 2. The number of amides is 1. The zero-order valence-electron chi connectivity index (χ0n) is 10.0. The maximum Gasteiger partial charge on any atom is 0.269 e. The second-order valence-corrected chi connectivity index (χ2v) is 3.52. The number of benzene rings is 1. The molecule has 98 valence electrons. The van der Waals surface area contributed by atoms with Gasteiger partial charge in [-0.2, -0.15) is 0 Å². The van der Waals surface area contributed by atoms with Crippen LogP contribution in [-0.2, 0) is 9.53 Å². The molecule has 1 aromatic rings. The molecule has 2 N–H and O–H groups in total. The highest BCUT2D eigenvalue weighted by Gasteiger charge is 2.05. The van der Waals surface area contributed by atoms with Gasteiger partial charge >= 0.3 is 0 Å². The summed E-state index contributed by atoms with van der Waals surface area (Å²) in [5, 5.41) is 15.9. The number of nitro groups is 1. The first-order valence-corrected chi connectivity index (χ1v) is 5.37. The number of ether oxygens (including phenoxy) is 1. The molecular weight excluding hydrogens is 238 g/mol. The molecule has 0 spiro atoms. The first kappa shape index (κ1) is 14.1. The van der Waals surface area contributed by atoms with Gasteiger partial charge in [-0.05, 0) is 12.1 Å². The number of rotatable bonds is 7. The topological polar surface area (TPSA) is 93.5 Å². The Morgan fingerprint density at radius 2 is 2.06 bits per heavy atom. The maximum atomic E-state index is 11.4. The van der Waals surface area contributed by atoms with Gasteiger partial charge in [-0.15, -0.1) is 0 Å². The molecule has 0 atom stereocenters. The fourth-order valence-corrected chi connectivity index (χ4v) is 1.25. The van der Waals surface area contributed by atoms with Crippen LogP contribution in [0.2, 0.25) is 0 Å². The Bertz CT molecular complexity index is 405. The Morgan fingerprint density at radius 1 is 1.39 bits per heavy atom. The van der Waals surface area contributed by atoms with Crippen molar-refractivity contribution in [2.45, 2.75) is 0 Å². The summed E-state index contributed by atoms with van der Waals surface area (Å²) in [7, 11) is 1.58. The minimum atomic E-state index is -0.488. The van der Waals surface area contributed by atoms with E-state index in [4.69, 9.17) is 4.74 Å². The van der Waals surface area contributed by atoms with E-state index in [2.05, 4.69) is 10.6 Å². The standard InChI is InChI=1S/C11H15N3O4/c1-18-7-6-12-8-11(15)13-9-2-4-10(5-3-9)14(16)17/h2-5,12H,6-8H2,1H3,(H,13,15). The zero-order chi connectivity index (χ0) is 13.4. The molecule has 0 heterocycles. The lowest BCUT2D eigenvalue weighted by Crippen LogP contribution is -2.30. The number of hydrogen-bond acceptors (Lipinski definition) is 5. The summed E-state index contributed by atoms with van der Waals surface area (Å²) >= 11 is 0. The molecule has 0 aromatic heterocycles. The van der Waals surface area contributed by atoms with E-state index in [0.717, 1.165) is 0 Å². The summed E-state index contributed by atoms with van der Waals surface area (Å²) in [6, 6.07) is 5.66. The van der Waals surface area contributed by atoms with Crippen molar-refractivity contribution in [3.63, 3.8) is 0 Å². The van der Waals surface area contributed by atoms with Gasteiger partial charge in [0, 0.05) is 31.5 Å². The summed E-state index contributed by atoms with van der Waals surface area (Å²) in [5.74, 6) is -0.208. The summed E-state index contributed by atoms with van der Waals surface area (Å²) in [6.45, 7) is 1.29.